The molecule has 0 saturated heterocycles. The minimum atomic E-state index is -0.463. The van der Waals surface area contributed by atoms with E-state index < -0.39 is 5.82 Å². The molecule has 35 heavy (non-hydrogen) atoms. The van der Waals surface area contributed by atoms with Gasteiger partial charge in [-0.05, 0) is 56.9 Å². The average Bonchev–Trinajstić information content (AvgIpc) is 3.48. The van der Waals surface area contributed by atoms with Crippen LogP contribution in [0.4, 0.5) is 4.39 Å². The fourth-order valence-electron chi connectivity index (χ4n) is 4.79. The normalized spacial score (nSPS) is 17.9. The number of ether oxygens (including phenoxy) is 1. The van der Waals surface area contributed by atoms with Crippen molar-refractivity contribution in [3.05, 3.63) is 65.5 Å². The Hall–Kier alpha value is -3.66. The quantitative estimate of drug-likeness (QED) is 0.361. The Balaban J connectivity index is 1.56. The number of aromatic nitrogens is 4. The molecular weight excluding hydrogens is 463 g/mol. The van der Waals surface area contributed by atoms with E-state index in [1.807, 2.05) is 18.5 Å². The summed E-state index contributed by atoms with van der Waals surface area (Å²) in [7, 11) is 1.77. The lowest BCUT2D eigenvalue weighted by atomic mass is 9.93. The molecule has 7 nitrogen and oxygen atoms in total. The minimum Gasteiger partial charge on any atom is -0.381 e. The predicted molar refractivity (Wildman–Crippen MR) is 129 cm³/mol. The van der Waals surface area contributed by atoms with E-state index in [2.05, 4.69) is 28.8 Å². The van der Waals surface area contributed by atoms with Gasteiger partial charge in [0.15, 0.2) is 0 Å². The lowest BCUT2D eigenvalue weighted by molar-refractivity contribution is 0.0565. The standard InChI is InChI=1S/C26H23FN6OS/c1-16-23(14-31-33(16)21-4-6-22(34-2)7-5-21)18-10-25(26-19(12-29)13-30-32(26)15-18)35-24-8-3-20(27)9-17(24)11-28/h3,8-10,13-15,21-22H,4-7H2,1-2H3. The van der Waals surface area contributed by atoms with Crippen molar-refractivity contribution in [1.82, 2.24) is 19.4 Å². The van der Waals surface area contributed by atoms with Crippen molar-refractivity contribution in [3.63, 3.8) is 0 Å². The number of fused-ring (bicyclic) bond motifs is 1. The number of halogens is 1. The molecule has 3 aromatic heterocycles. The molecule has 0 radical (unpaired) electrons. The van der Waals surface area contributed by atoms with Crippen LogP contribution in [0.3, 0.4) is 0 Å². The summed E-state index contributed by atoms with van der Waals surface area (Å²) in [6.45, 7) is 2.07. The third-order valence-electron chi connectivity index (χ3n) is 6.66. The smallest absolute Gasteiger partial charge is 0.124 e. The second-order valence-electron chi connectivity index (χ2n) is 8.67. The third kappa shape index (κ3) is 4.29. The predicted octanol–water partition coefficient (Wildman–Crippen LogP) is 5.67. The highest BCUT2D eigenvalue weighted by Crippen LogP contribution is 2.39. The molecule has 5 rings (SSSR count). The molecule has 1 saturated carbocycles. The van der Waals surface area contributed by atoms with E-state index in [-0.39, 0.29) is 5.56 Å². The van der Waals surface area contributed by atoms with E-state index in [0.29, 0.717) is 28.1 Å². The number of nitrogens with zero attached hydrogens (tertiary/aromatic N) is 6. The van der Waals surface area contributed by atoms with Crippen LogP contribution in [0.5, 0.6) is 0 Å². The Morgan fingerprint density at radius 1 is 1.03 bits per heavy atom. The first-order valence-corrected chi connectivity index (χ1v) is 12.2. The van der Waals surface area contributed by atoms with Crippen molar-refractivity contribution in [2.45, 2.75) is 54.5 Å². The van der Waals surface area contributed by atoms with Crippen molar-refractivity contribution >= 4 is 17.3 Å². The van der Waals surface area contributed by atoms with Crippen molar-refractivity contribution in [2.24, 2.45) is 0 Å². The van der Waals surface area contributed by atoms with Crippen LogP contribution in [-0.4, -0.2) is 32.6 Å². The highest BCUT2D eigenvalue weighted by molar-refractivity contribution is 7.99. The van der Waals surface area contributed by atoms with Gasteiger partial charge in [0.2, 0.25) is 0 Å². The highest BCUT2D eigenvalue weighted by atomic mass is 32.2. The molecule has 4 aromatic rings. The van der Waals surface area contributed by atoms with Crippen LogP contribution < -0.4 is 0 Å². The number of benzene rings is 1. The van der Waals surface area contributed by atoms with Crippen LogP contribution in [0, 0.1) is 35.4 Å². The molecule has 0 unspecified atom stereocenters. The lowest BCUT2D eigenvalue weighted by Gasteiger charge is -2.28. The third-order valence-corrected chi connectivity index (χ3v) is 7.76. The number of hydrogen-bond donors (Lipinski definition) is 0. The molecule has 0 atom stereocenters. The fraction of sp³-hybridized carbons (Fsp3) is 0.308. The topological polar surface area (TPSA) is 91.9 Å². The van der Waals surface area contributed by atoms with Gasteiger partial charge in [0.25, 0.3) is 0 Å². The number of rotatable bonds is 5. The second kappa shape index (κ2) is 9.53. The first kappa shape index (κ1) is 23.1. The summed E-state index contributed by atoms with van der Waals surface area (Å²) < 4.78 is 23.0. The number of pyridine rings is 1. The SMILES string of the molecule is COC1CCC(n2ncc(-c3cc(Sc4ccc(F)cc4C#N)c4c(C#N)cnn4c3)c2C)CC1. The fourth-order valence-corrected chi connectivity index (χ4v) is 5.86. The molecule has 176 valence electrons. The van der Waals surface area contributed by atoms with Crippen LogP contribution in [0.15, 0.2) is 52.6 Å². The number of methoxy groups -OCH3 is 1. The molecule has 1 aliphatic carbocycles. The van der Waals surface area contributed by atoms with Gasteiger partial charge in [0.1, 0.15) is 18.0 Å². The van der Waals surface area contributed by atoms with Crippen LogP contribution in [0.1, 0.15) is 48.5 Å². The van der Waals surface area contributed by atoms with Crippen LogP contribution >= 0.6 is 11.8 Å². The summed E-state index contributed by atoms with van der Waals surface area (Å²) in [5.74, 6) is -0.463. The summed E-state index contributed by atoms with van der Waals surface area (Å²) in [6.07, 6.45) is 9.70. The lowest BCUT2D eigenvalue weighted by Crippen LogP contribution is -2.23. The van der Waals surface area contributed by atoms with Gasteiger partial charge in [-0.3, -0.25) is 4.68 Å². The first-order chi connectivity index (χ1) is 17.0. The maximum absolute atomic E-state index is 13.7. The summed E-state index contributed by atoms with van der Waals surface area (Å²) in [5.41, 5.74) is 4.28. The van der Waals surface area contributed by atoms with Gasteiger partial charge in [0.05, 0.1) is 41.2 Å². The minimum absolute atomic E-state index is 0.243. The Labute approximate surface area is 206 Å². The monoisotopic (exact) mass is 486 g/mol. The van der Waals surface area contributed by atoms with Crippen molar-refractivity contribution < 1.29 is 9.13 Å². The first-order valence-electron chi connectivity index (χ1n) is 11.4. The summed E-state index contributed by atoms with van der Waals surface area (Å²) in [5, 5.41) is 28.2. The molecule has 9 heteroatoms. The Bertz CT molecular complexity index is 1490. The van der Waals surface area contributed by atoms with E-state index in [9.17, 15) is 14.9 Å². The maximum atomic E-state index is 13.7. The molecule has 0 amide bonds. The van der Waals surface area contributed by atoms with E-state index in [4.69, 9.17) is 9.84 Å². The largest absolute Gasteiger partial charge is 0.381 e. The van der Waals surface area contributed by atoms with Gasteiger partial charge in [-0.25, -0.2) is 8.91 Å². The molecule has 3 heterocycles. The molecule has 1 aromatic carbocycles. The number of nitriles is 2. The molecule has 0 N–H and O–H groups in total. The van der Waals surface area contributed by atoms with E-state index in [1.54, 1.807) is 17.7 Å². The number of hydrogen-bond acceptors (Lipinski definition) is 6. The Morgan fingerprint density at radius 2 is 1.80 bits per heavy atom. The van der Waals surface area contributed by atoms with E-state index in [1.165, 1.54) is 30.1 Å². The molecular formula is C26H23FN6OS. The maximum Gasteiger partial charge on any atom is 0.124 e. The van der Waals surface area contributed by atoms with E-state index >= 15 is 0 Å². The summed E-state index contributed by atoms with van der Waals surface area (Å²) >= 11 is 1.32. The molecule has 0 spiro atoms. The van der Waals surface area contributed by atoms with Gasteiger partial charge >= 0.3 is 0 Å². The highest BCUT2D eigenvalue weighted by Gasteiger charge is 2.25. The van der Waals surface area contributed by atoms with Gasteiger partial charge in [0, 0.05) is 39.9 Å². The molecule has 0 bridgehead atoms. The van der Waals surface area contributed by atoms with E-state index in [0.717, 1.165) is 47.4 Å². The Kier molecular flexibility index (Phi) is 6.29. The average molecular weight is 487 g/mol. The van der Waals surface area contributed by atoms with Crippen LogP contribution in [-0.2, 0) is 4.74 Å². The zero-order chi connectivity index (χ0) is 24.5. The Morgan fingerprint density at radius 3 is 2.51 bits per heavy atom. The van der Waals surface area contributed by atoms with Gasteiger partial charge < -0.3 is 4.74 Å². The zero-order valence-corrected chi connectivity index (χ0v) is 20.2. The van der Waals surface area contributed by atoms with Gasteiger partial charge in [-0.2, -0.15) is 20.7 Å². The molecule has 1 aliphatic rings. The van der Waals surface area contributed by atoms with Crippen molar-refractivity contribution in [2.75, 3.05) is 7.11 Å². The molecule has 1 fully saturated rings. The van der Waals surface area contributed by atoms with Gasteiger partial charge in [-0.1, -0.05) is 11.8 Å². The van der Waals surface area contributed by atoms with Crippen LogP contribution in [0.2, 0.25) is 0 Å². The summed E-state index contributed by atoms with van der Waals surface area (Å²) in [6, 6.07) is 10.7. The second-order valence-corrected chi connectivity index (χ2v) is 9.75. The van der Waals surface area contributed by atoms with Crippen molar-refractivity contribution in [3.8, 4) is 23.3 Å². The zero-order valence-electron chi connectivity index (χ0n) is 19.4. The molecule has 0 aliphatic heterocycles. The van der Waals surface area contributed by atoms with Gasteiger partial charge in [-0.15, -0.1) is 0 Å². The van der Waals surface area contributed by atoms with Crippen molar-refractivity contribution in [1.29, 1.82) is 10.5 Å². The summed E-state index contributed by atoms with van der Waals surface area (Å²) in [4.78, 5) is 1.37. The van der Waals surface area contributed by atoms with Crippen LogP contribution in [0.25, 0.3) is 16.6 Å².